The Hall–Kier alpha value is -1.81. The van der Waals surface area contributed by atoms with Gasteiger partial charge in [0.05, 0.1) is 17.8 Å². The predicted octanol–water partition coefficient (Wildman–Crippen LogP) is 3.46. The van der Waals surface area contributed by atoms with Crippen LogP contribution in [-0.2, 0) is 6.61 Å². The second kappa shape index (κ2) is 5.69. The lowest BCUT2D eigenvalue weighted by molar-refractivity contribution is 0.296. The molecule has 0 saturated carbocycles. The monoisotopic (exact) mass is 267 g/mol. The summed E-state index contributed by atoms with van der Waals surface area (Å²) >= 11 is 5.58. The average Bonchev–Trinajstić information content (AvgIpc) is 2.40. The molecule has 1 aromatic heterocycles. The molecule has 0 amide bonds. The van der Waals surface area contributed by atoms with E-state index in [1.165, 1.54) is 12.1 Å². The van der Waals surface area contributed by atoms with Crippen LogP contribution in [0.3, 0.4) is 0 Å². The minimum atomic E-state index is -0.507. The maximum atomic E-state index is 13.2. The van der Waals surface area contributed by atoms with Crippen molar-refractivity contribution in [2.24, 2.45) is 0 Å². The van der Waals surface area contributed by atoms with Crippen molar-refractivity contribution >= 4 is 11.6 Å². The molecule has 5 heteroatoms. The third-order valence-corrected chi connectivity index (χ3v) is 2.57. The molecule has 0 radical (unpaired) electrons. The SMILES string of the molecule is COc1cccc(COc2ccc(Cl)c(F)c2)n1. The van der Waals surface area contributed by atoms with E-state index in [0.29, 0.717) is 17.3 Å². The molecule has 94 valence electrons. The van der Waals surface area contributed by atoms with Crippen LogP contribution in [0.25, 0.3) is 0 Å². The number of pyridine rings is 1. The first-order valence-electron chi connectivity index (χ1n) is 5.27. The average molecular weight is 268 g/mol. The molecule has 0 saturated heterocycles. The molecule has 0 atom stereocenters. The standard InChI is InChI=1S/C13H11ClFNO2/c1-17-13-4-2-3-9(16-13)8-18-10-5-6-11(14)12(15)7-10/h2-7H,8H2,1H3. The van der Waals surface area contributed by atoms with Gasteiger partial charge in [0.2, 0.25) is 5.88 Å². The van der Waals surface area contributed by atoms with E-state index in [0.717, 1.165) is 0 Å². The number of aromatic nitrogens is 1. The van der Waals surface area contributed by atoms with Crippen molar-refractivity contribution < 1.29 is 13.9 Å². The lowest BCUT2D eigenvalue weighted by atomic mass is 10.3. The molecule has 0 aliphatic heterocycles. The summed E-state index contributed by atoms with van der Waals surface area (Å²) in [4.78, 5) is 4.18. The summed E-state index contributed by atoms with van der Waals surface area (Å²) < 4.78 is 23.6. The molecule has 2 rings (SSSR count). The van der Waals surface area contributed by atoms with E-state index in [2.05, 4.69) is 4.98 Å². The van der Waals surface area contributed by atoms with Crippen LogP contribution in [0.15, 0.2) is 36.4 Å². The molecule has 0 bridgehead atoms. The molecule has 3 nitrogen and oxygen atoms in total. The number of methoxy groups -OCH3 is 1. The highest BCUT2D eigenvalue weighted by atomic mass is 35.5. The van der Waals surface area contributed by atoms with Gasteiger partial charge in [0.15, 0.2) is 0 Å². The first-order valence-corrected chi connectivity index (χ1v) is 5.64. The van der Waals surface area contributed by atoms with Crippen LogP contribution < -0.4 is 9.47 Å². The summed E-state index contributed by atoms with van der Waals surface area (Å²) in [7, 11) is 1.54. The van der Waals surface area contributed by atoms with Gasteiger partial charge < -0.3 is 9.47 Å². The Labute approximate surface area is 109 Å². The summed E-state index contributed by atoms with van der Waals surface area (Å²) in [5, 5.41) is 0.0712. The van der Waals surface area contributed by atoms with E-state index in [1.54, 1.807) is 25.3 Å². The molecular weight excluding hydrogens is 257 g/mol. The summed E-state index contributed by atoms with van der Waals surface area (Å²) in [5.41, 5.74) is 0.699. The number of ether oxygens (including phenoxy) is 2. The van der Waals surface area contributed by atoms with Crippen LogP contribution in [0.1, 0.15) is 5.69 Å². The van der Waals surface area contributed by atoms with Crippen molar-refractivity contribution in [3.8, 4) is 11.6 Å². The Balaban J connectivity index is 2.04. The fourth-order valence-corrected chi connectivity index (χ4v) is 1.49. The minimum Gasteiger partial charge on any atom is -0.487 e. The zero-order chi connectivity index (χ0) is 13.0. The summed E-state index contributed by atoms with van der Waals surface area (Å²) in [6, 6.07) is 9.65. The number of hydrogen-bond donors (Lipinski definition) is 0. The van der Waals surface area contributed by atoms with Gasteiger partial charge in [-0.2, -0.15) is 0 Å². The number of rotatable bonds is 4. The Morgan fingerprint density at radius 3 is 2.83 bits per heavy atom. The Morgan fingerprint density at radius 1 is 1.28 bits per heavy atom. The van der Waals surface area contributed by atoms with Gasteiger partial charge in [-0.3, -0.25) is 0 Å². The quantitative estimate of drug-likeness (QED) is 0.850. The second-order valence-corrected chi connectivity index (χ2v) is 3.94. The van der Waals surface area contributed by atoms with Gasteiger partial charge in [-0.1, -0.05) is 17.7 Å². The van der Waals surface area contributed by atoms with Crippen LogP contribution in [0.4, 0.5) is 4.39 Å². The summed E-state index contributed by atoms with van der Waals surface area (Å²) in [6.45, 7) is 0.234. The summed E-state index contributed by atoms with van der Waals surface area (Å²) in [6.07, 6.45) is 0. The summed E-state index contributed by atoms with van der Waals surface area (Å²) in [5.74, 6) is 0.410. The highest BCUT2D eigenvalue weighted by molar-refractivity contribution is 6.30. The van der Waals surface area contributed by atoms with Crippen LogP contribution in [-0.4, -0.2) is 12.1 Å². The molecule has 0 N–H and O–H groups in total. The Bertz CT molecular complexity index is 548. The van der Waals surface area contributed by atoms with Gasteiger partial charge in [0.25, 0.3) is 0 Å². The molecule has 0 unspecified atom stereocenters. The largest absolute Gasteiger partial charge is 0.487 e. The smallest absolute Gasteiger partial charge is 0.213 e. The first kappa shape index (κ1) is 12.6. The van der Waals surface area contributed by atoms with Crippen LogP contribution in [0.2, 0.25) is 5.02 Å². The van der Waals surface area contributed by atoms with Crippen molar-refractivity contribution in [1.82, 2.24) is 4.98 Å². The zero-order valence-electron chi connectivity index (χ0n) is 9.69. The molecular formula is C13H11ClFNO2. The molecule has 0 spiro atoms. The second-order valence-electron chi connectivity index (χ2n) is 3.54. The lowest BCUT2D eigenvalue weighted by Gasteiger charge is -2.07. The van der Waals surface area contributed by atoms with Gasteiger partial charge in [0, 0.05) is 12.1 Å². The van der Waals surface area contributed by atoms with Gasteiger partial charge in [-0.05, 0) is 18.2 Å². The third kappa shape index (κ3) is 3.11. The van der Waals surface area contributed by atoms with Crippen molar-refractivity contribution in [1.29, 1.82) is 0 Å². The van der Waals surface area contributed by atoms with Crippen molar-refractivity contribution in [3.05, 3.63) is 52.9 Å². The minimum absolute atomic E-state index is 0.0712. The molecule has 2 aromatic rings. The van der Waals surface area contributed by atoms with E-state index in [1.807, 2.05) is 6.07 Å². The molecule has 18 heavy (non-hydrogen) atoms. The normalized spacial score (nSPS) is 10.2. The molecule has 0 aliphatic rings. The van der Waals surface area contributed by atoms with E-state index in [9.17, 15) is 4.39 Å². The van der Waals surface area contributed by atoms with Gasteiger partial charge in [-0.15, -0.1) is 0 Å². The number of halogens is 2. The van der Waals surface area contributed by atoms with Gasteiger partial charge in [0.1, 0.15) is 18.2 Å². The third-order valence-electron chi connectivity index (χ3n) is 2.27. The molecule has 0 fully saturated rings. The Morgan fingerprint density at radius 2 is 2.11 bits per heavy atom. The number of hydrogen-bond acceptors (Lipinski definition) is 3. The van der Waals surface area contributed by atoms with E-state index < -0.39 is 5.82 Å². The predicted molar refractivity (Wildman–Crippen MR) is 66.5 cm³/mol. The maximum Gasteiger partial charge on any atom is 0.213 e. The Kier molecular flexibility index (Phi) is 3.99. The fraction of sp³-hybridized carbons (Fsp3) is 0.154. The van der Waals surface area contributed by atoms with E-state index in [4.69, 9.17) is 21.1 Å². The topological polar surface area (TPSA) is 31.4 Å². The van der Waals surface area contributed by atoms with Crippen LogP contribution >= 0.6 is 11.6 Å². The first-order chi connectivity index (χ1) is 8.69. The maximum absolute atomic E-state index is 13.2. The van der Waals surface area contributed by atoms with E-state index >= 15 is 0 Å². The number of benzene rings is 1. The van der Waals surface area contributed by atoms with Crippen molar-refractivity contribution in [3.63, 3.8) is 0 Å². The molecule has 0 aliphatic carbocycles. The van der Waals surface area contributed by atoms with Crippen molar-refractivity contribution in [2.75, 3.05) is 7.11 Å². The zero-order valence-corrected chi connectivity index (χ0v) is 10.4. The number of nitrogens with zero attached hydrogens (tertiary/aromatic N) is 1. The van der Waals surface area contributed by atoms with Crippen LogP contribution in [0, 0.1) is 5.82 Å². The highest BCUT2D eigenvalue weighted by Gasteiger charge is 2.03. The van der Waals surface area contributed by atoms with Crippen LogP contribution in [0.5, 0.6) is 11.6 Å². The molecule has 1 heterocycles. The van der Waals surface area contributed by atoms with E-state index in [-0.39, 0.29) is 11.6 Å². The molecule has 1 aromatic carbocycles. The van der Waals surface area contributed by atoms with Crippen molar-refractivity contribution in [2.45, 2.75) is 6.61 Å². The van der Waals surface area contributed by atoms with Gasteiger partial charge in [-0.25, -0.2) is 9.37 Å². The fourth-order valence-electron chi connectivity index (χ4n) is 1.38. The highest BCUT2D eigenvalue weighted by Crippen LogP contribution is 2.21. The lowest BCUT2D eigenvalue weighted by Crippen LogP contribution is -1.99. The van der Waals surface area contributed by atoms with Gasteiger partial charge >= 0.3 is 0 Å².